The van der Waals surface area contributed by atoms with E-state index in [9.17, 15) is 5.11 Å². The zero-order chi connectivity index (χ0) is 12.4. The minimum atomic E-state index is -0.0181. The number of phenols is 1. The molecule has 0 aliphatic heterocycles. The largest absolute Gasteiger partial charge is 0.506 e. The monoisotopic (exact) mass is 263 g/mol. The van der Waals surface area contributed by atoms with Gasteiger partial charge in [-0.2, -0.15) is 5.26 Å². The van der Waals surface area contributed by atoms with Crippen LogP contribution in [0.3, 0.4) is 0 Å². The molecule has 0 heterocycles. The molecule has 2 aromatic rings. The second kappa shape index (κ2) is 4.67. The van der Waals surface area contributed by atoms with E-state index in [2.05, 4.69) is 0 Å². The fourth-order valence-electron chi connectivity index (χ4n) is 1.52. The smallest absolute Gasteiger partial charge is 0.134 e. The summed E-state index contributed by atoms with van der Waals surface area (Å²) in [4.78, 5) is 0. The van der Waals surface area contributed by atoms with Crippen molar-refractivity contribution in [2.45, 2.75) is 0 Å². The molecule has 0 aliphatic rings. The molecule has 0 saturated heterocycles. The summed E-state index contributed by atoms with van der Waals surface area (Å²) in [5.74, 6) is -0.0181. The van der Waals surface area contributed by atoms with Gasteiger partial charge in [-0.1, -0.05) is 35.3 Å². The first kappa shape index (κ1) is 11.8. The Balaban J connectivity index is 2.60. The first-order valence-electron chi connectivity index (χ1n) is 4.81. The van der Waals surface area contributed by atoms with Crippen molar-refractivity contribution >= 4 is 23.2 Å². The third-order valence-electron chi connectivity index (χ3n) is 2.37. The summed E-state index contributed by atoms with van der Waals surface area (Å²) in [5, 5.41) is 18.9. The van der Waals surface area contributed by atoms with Crippen LogP contribution in [0.25, 0.3) is 11.1 Å². The molecule has 0 fully saturated rings. The highest BCUT2D eigenvalue weighted by Gasteiger charge is 2.12. The van der Waals surface area contributed by atoms with Gasteiger partial charge < -0.3 is 5.11 Å². The first-order valence-corrected chi connectivity index (χ1v) is 5.56. The number of hydrogen-bond donors (Lipinski definition) is 1. The SMILES string of the molecule is N#Cc1ccc(-c2c(Cl)ccc(O)c2Cl)cc1. The van der Waals surface area contributed by atoms with Gasteiger partial charge in [0.15, 0.2) is 0 Å². The Hall–Kier alpha value is -1.69. The summed E-state index contributed by atoms with van der Waals surface area (Å²) < 4.78 is 0. The van der Waals surface area contributed by atoms with Crippen molar-refractivity contribution in [1.29, 1.82) is 5.26 Å². The van der Waals surface area contributed by atoms with Crippen molar-refractivity contribution in [3.05, 3.63) is 52.0 Å². The molecule has 0 saturated carbocycles. The molecule has 84 valence electrons. The molecule has 0 aliphatic carbocycles. The van der Waals surface area contributed by atoms with Crippen molar-refractivity contribution in [2.75, 3.05) is 0 Å². The molecule has 2 rings (SSSR count). The Morgan fingerprint density at radius 3 is 2.24 bits per heavy atom. The molecule has 0 bridgehead atoms. The average molecular weight is 264 g/mol. The van der Waals surface area contributed by atoms with E-state index in [4.69, 9.17) is 28.5 Å². The van der Waals surface area contributed by atoms with Crippen LogP contribution in [-0.2, 0) is 0 Å². The molecule has 0 atom stereocenters. The molecular formula is C13H7Cl2NO. The Morgan fingerprint density at radius 1 is 1.00 bits per heavy atom. The van der Waals surface area contributed by atoms with E-state index in [0.717, 1.165) is 5.56 Å². The summed E-state index contributed by atoms with van der Waals surface area (Å²) in [6, 6.07) is 11.9. The number of phenolic OH excluding ortho intramolecular Hbond substituents is 1. The number of rotatable bonds is 1. The van der Waals surface area contributed by atoms with Crippen LogP contribution in [0.2, 0.25) is 10.0 Å². The Morgan fingerprint density at radius 2 is 1.65 bits per heavy atom. The number of hydrogen-bond acceptors (Lipinski definition) is 2. The van der Waals surface area contributed by atoms with E-state index in [1.807, 2.05) is 6.07 Å². The minimum absolute atomic E-state index is 0.0181. The number of nitriles is 1. The first-order chi connectivity index (χ1) is 8.13. The summed E-state index contributed by atoms with van der Waals surface area (Å²) >= 11 is 12.1. The van der Waals surface area contributed by atoms with E-state index < -0.39 is 0 Å². The van der Waals surface area contributed by atoms with Gasteiger partial charge in [0.05, 0.1) is 21.7 Å². The van der Waals surface area contributed by atoms with Gasteiger partial charge >= 0.3 is 0 Å². The minimum Gasteiger partial charge on any atom is -0.506 e. The van der Waals surface area contributed by atoms with Gasteiger partial charge in [0.25, 0.3) is 0 Å². The molecule has 0 aromatic heterocycles. The van der Waals surface area contributed by atoms with Gasteiger partial charge in [-0.3, -0.25) is 0 Å². The van der Waals surface area contributed by atoms with Crippen molar-refractivity contribution in [3.63, 3.8) is 0 Å². The van der Waals surface area contributed by atoms with Gasteiger partial charge in [-0.25, -0.2) is 0 Å². The second-order valence-corrected chi connectivity index (χ2v) is 4.23. The maximum absolute atomic E-state index is 9.54. The molecule has 0 unspecified atom stereocenters. The van der Waals surface area contributed by atoms with Gasteiger partial charge in [0.1, 0.15) is 5.75 Å². The van der Waals surface area contributed by atoms with Crippen molar-refractivity contribution in [1.82, 2.24) is 0 Å². The molecule has 17 heavy (non-hydrogen) atoms. The maximum Gasteiger partial charge on any atom is 0.134 e. The van der Waals surface area contributed by atoms with Crippen LogP contribution in [0, 0.1) is 11.3 Å². The van der Waals surface area contributed by atoms with E-state index in [-0.39, 0.29) is 10.8 Å². The third-order valence-corrected chi connectivity index (χ3v) is 3.07. The highest BCUT2D eigenvalue weighted by Crippen LogP contribution is 2.39. The Kier molecular flexibility index (Phi) is 3.23. The predicted octanol–water partition coefficient (Wildman–Crippen LogP) is 4.24. The summed E-state index contributed by atoms with van der Waals surface area (Å²) in [5.41, 5.74) is 1.88. The van der Waals surface area contributed by atoms with Crippen LogP contribution >= 0.6 is 23.2 Å². The maximum atomic E-state index is 9.54. The number of benzene rings is 2. The lowest BCUT2D eigenvalue weighted by atomic mass is 10.0. The number of aromatic hydroxyl groups is 1. The Labute approximate surface area is 109 Å². The van der Waals surface area contributed by atoms with E-state index in [0.29, 0.717) is 16.1 Å². The van der Waals surface area contributed by atoms with Gasteiger partial charge in [0.2, 0.25) is 0 Å². The van der Waals surface area contributed by atoms with E-state index in [1.54, 1.807) is 30.3 Å². The average Bonchev–Trinajstić information content (AvgIpc) is 2.35. The lowest BCUT2D eigenvalue weighted by Crippen LogP contribution is -1.83. The van der Waals surface area contributed by atoms with Gasteiger partial charge in [-0.05, 0) is 29.8 Å². The van der Waals surface area contributed by atoms with Crippen LogP contribution in [-0.4, -0.2) is 5.11 Å². The molecule has 1 N–H and O–H groups in total. The molecule has 4 heteroatoms. The van der Waals surface area contributed by atoms with Crippen molar-refractivity contribution < 1.29 is 5.11 Å². The fraction of sp³-hybridized carbons (Fsp3) is 0. The number of nitrogens with zero attached hydrogens (tertiary/aromatic N) is 1. The van der Waals surface area contributed by atoms with Gasteiger partial charge in [0, 0.05) is 5.56 Å². The highest BCUT2D eigenvalue weighted by atomic mass is 35.5. The van der Waals surface area contributed by atoms with Crippen LogP contribution < -0.4 is 0 Å². The molecule has 0 amide bonds. The molecule has 0 spiro atoms. The summed E-state index contributed by atoms with van der Waals surface area (Å²) in [7, 11) is 0. The quantitative estimate of drug-likeness (QED) is 0.837. The third kappa shape index (κ3) is 2.21. The van der Waals surface area contributed by atoms with Crippen molar-refractivity contribution in [2.24, 2.45) is 0 Å². The summed E-state index contributed by atoms with van der Waals surface area (Å²) in [6.07, 6.45) is 0. The Bertz CT molecular complexity index is 600. The zero-order valence-corrected chi connectivity index (χ0v) is 10.1. The highest BCUT2D eigenvalue weighted by molar-refractivity contribution is 6.40. The van der Waals surface area contributed by atoms with Crippen LogP contribution in [0.15, 0.2) is 36.4 Å². The second-order valence-electron chi connectivity index (χ2n) is 3.44. The lowest BCUT2D eigenvalue weighted by Gasteiger charge is -2.08. The number of halogens is 2. The fourth-order valence-corrected chi connectivity index (χ4v) is 2.11. The van der Waals surface area contributed by atoms with Gasteiger partial charge in [-0.15, -0.1) is 0 Å². The normalized spacial score (nSPS) is 9.94. The molecule has 0 radical (unpaired) electrons. The van der Waals surface area contributed by atoms with E-state index >= 15 is 0 Å². The molecule has 2 aromatic carbocycles. The molecule has 2 nitrogen and oxygen atoms in total. The van der Waals surface area contributed by atoms with Crippen molar-refractivity contribution in [3.8, 4) is 22.9 Å². The molecular weight excluding hydrogens is 257 g/mol. The topological polar surface area (TPSA) is 44.0 Å². The summed E-state index contributed by atoms with van der Waals surface area (Å²) in [6.45, 7) is 0. The zero-order valence-electron chi connectivity index (χ0n) is 8.61. The standard InChI is InChI=1S/C13H7Cl2NO/c14-10-5-6-11(17)13(15)12(10)9-3-1-8(7-16)2-4-9/h1-6,17H. The van der Waals surface area contributed by atoms with Crippen LogP contribution in [0.4, 0.5) is 0 Å². The van der Waals surface area contributed by atoms with Crippen LogP contribution in [0.1, 0.15) is 5.56 Å². The van der Waals surface area contributed by atoms with Crippen LogP contribution in [0.5, 0.6) is 5.75 Å². The lowest BCUT2D eigenvalue weighted by molar-refractivity contribution is 0.476. The van der Waals surface area contributed by atoms with E-state index in [1.165, 1.54) is 6.07 Å². The predicted molar refractivity (Wildman–Crippen MR) is 68.3 cm³/mol.